The van der Waals surface area contributed by atoms with Gasteiger partial charge in [-0.1, -0.05) is 12.1 Å². The Balaban J connectivity index is 0.00000420. The summed E-state index contributed by atoms with van der Waals surface area (Å²) in [7, 11) is 1.71. The maximum absolute atomic E-state index is 11.4. The minimum absolute atomic E-state index is 0. The molecule has 1 fully saturated rings. The second-order valence-electron chi connectivity index (χ2n) is 7.09. The average molecular weight is 517 g/mol. The second kappa shape index (κ2) is 13.6. The van der Waals surface area contributed by atoms with Crippen LogP contribution in [0.2, 0.25) is 0 Å². The topological polar surface area (TPSA) is 69.2 Å². The minimum atomic E-state index is 0. The van der Waals surface area contributed by atoms with Crippen LogP contribution in [-0.4, -0.2) is 81.1 Å². The van der Waals surface area contributed by atoms with Crippen molar-refractivity contribution in [3.8, 4) is 5.75 Å². The van der Waals surface area contributed by atoms with Gasteiger partial charge in [-0.25, -0.2) is 0 Å². The summed E-state index contributed by atoms with van der Waals surface area (Å²) in [6.07, 6.45) is 0.911. The molecule has 2 N–H and O–H groups in total. The number of nitrogens with zero attached hydrogens (tertiary/aromatic N) is 3. The molecule has 8 heteroatoms. The van der Waals surface area contributed by atoms with Crippen molar-refractivity contribution in [1.82, 2.24) is 20.4 Å². The molecule has 0 spiro atoms. The number of ether oxygens (including phenoxy) is 1. The van der Waals surface area contributed by atoms with Crippen LogP contribution >= 0.6 is 24.0 Å². The number of benzene rings is 1. The number of methoxy groups -OCH3 is 1. The first-order valence-corrected chi connectivity index (χ1v) is 10.2. The van der Waals surface area contributed by atoms with Gasteiger partial charge in [0.25, 0.3) is 0 Å². The molecule has 1 heterocycles. The first kappa shape index (κ1) is 25.5. The van der Waals surface area contributed by atoms with Crippen LogP contribution in [0.3, 0.4) is 0 Å². The summed E-state index contributed by atoms with van der Waals surface area (Å²) < 4.78 is 5.40. The van der Waals surface area contributed by atoms with Crippen molar-refractivity contribution in [2.45, 2.75) is 27.2 Å². The molecule has 1 aliphatic heterocycles. The molecule has 0 saturated carbocycles. The van der Waals surface area contributed by atoms with Gasteiger partial charge in [-0.3, -0.25) is 14.7 Å². The van der Waals surface area contributed by atoms with Crippen LogP contribution in [0.1, 0.15) is 25.0 Å². The fourth-order valence-corrected chi connectivity index (χ4v) is 3.28. The van der Waals surface area contributed by atoms with Crippen LogP contribution in [0.15, 0.2) is 23.2 Å². The highest BCUT2D eigenvalue weighted by atomic mass is 127. The monoisotopic (exact) mass is 517 g/mol. The first-order valence-electron chi connectivity index (χ1n) is 10.2. The first-order chi connectivity index (χ1) is 13.5. The number of aliphatic imine (C=N–C) groups is 1. The fraction of sp³-hybridized carbons (Fsp3) is 0.619. The second-order valence-corrected chi connectivity index (χ2v) is 7.09. The maximum Gasteiger partial charge on any atom is 0.219 e. The molecule has 0 unspecified atom stereocenters. The Morgan fingerprint density at radius 3 is 2.55 bits per heavy atom. The SMILES string of the molecule is CCNC(=NCCN1CCN(C(C)=O)CC1)NCCc1ccc(C)c(OC)c1.I. The number of guanidine groups is 1. The van der Waals surface area contributed by atoms with Crippen molar-refractivity contribution < 1.29 is 9.53 Å². The molecule has 1 saturated heterocycles. The number of halogens is 1. The van der Waals surface area contributed by atoms with Gasteiger partial charge in [0, 0.05) is 52.7 Å². The summed E-state index contributed by atoms with van der Waals surface area (Å²) in [6, 6.07) is 6.34. The normalized spacial score (nSPS) is 14.9. The summed E-state index contributed by atoms with van der Waals surface area (Å²) in [5.74, 6) is 1.95. The number of hydrogen-bond acceptors (Lipinski definition) is 4. The van der Waals surface area contributed by atoms with Gasteiger partial charge < -0.3 is 20.3 Å². The molecule has 164 valence electrons. The molecule has 0 atom stereocenters. The van der Waals surface area contributed by atoms with Gasteiger partial charge in [-0.2, -0.15) is 0 Å². The standard InChI is InChI=1S/C21H35N5O2.HI/c1-5-22-21(23-9-8-19-7-6-17(2)20(16-19)28-4)24-10-11-25-12-14-26(15-13-25)18(3)27;/h6-7,16H,5,8-15H2,1-4H3,(H2,22,23,24);1H. The van der Waals surface area contributed by atoms with Crippen molar-refractivity contribution >= 4 is 35.8 Å². The van der Waals surface area contributed by atoms with Crippen LogP contribution in [0.4, 0.5) is 0 Å². The lowest BCUT2D eigenvalue weighted by Gasteiger charge is -2.33. The average Bonchev–Trinajstić information content (AvgIpc) is 2.69. The van der Waals surface area contributed by atoms with Crippen molar-refractivity contribution in [3.63, 3.8) is 0 Å². The lowest BCUT2D eigenvalue weighted by molar-refractivity contribution is -0.130. The minimum Gasteiger partial charge on any atom is -0.496 e. The Kier molecular flexibility index (Phi) is 12.0. The number of nitrogens with one attached hydrogen (secondary N) is 2. The van der Waals surface area contributed by atoms with Gasteiger partial charge in [0.2, 0.25) is 5.91 Å². The summed E-state index contributed by atoms with van der Waals surface area (Å²) >= 11 is 0. The lowest BCUT2D eigenvalue weighted by Crippen LogP contribution is -2.48. The molecule has 7 nitrogen and oxygen atoms in total. The summed E-state index contributed by atoms with van der Waals surface area (Å²) in [6.45, 7) is 12.6. The van der Waals surface area contributed by atoms with Crippen molar-refractivity contribution in [2.75, 3.05) is 59.5 Å². The van der Waals surface area contributed by atoms with E-state index in [1.807, 2.05) is 4.90 Å². The van der Waals surface area contributed by atoms with Gasteiger partial charge in [0.1, 0.15) is 5.75 Å². The quantitative estimate of drug-likeness (QED) is 0.313. The number of rotatable bonds is 8. The fourth-order valence-electron chi connectivity index (χ4n) is 3.28. The van der Waals surface area contributed by atoms with Crippen molar-refractivity contribution in [2.24, 2.45) is 4.99 Å². The highest BCUT2D eigenvalue weighted by Crippen LogP contribution is 2.18. The molecule has 2 rings (SSSR count). The largest absolute Gasteiger partial charge is 0.496 e. The molecule has 1 aromatic carbocycles. The Morgan fingerprint density at radius 2 is 1.93 bits per heavy atom. The Bertz CT molecular complexity index is 660. The zero-order valence-electron chi connectivity index (χ0n) is 18.2. The van der Waals surface area contributed by atoms with Gasteiger partial charge in [0.15, 0.2) is 5.96 Å². The maximum atomic E-state index is 11.4. The lowest BCUT2D eigenvalue weighted by atomic mass is 10.1. The van der Waals surface area contributed by atoms with Gasteiger partial charge in [0.05, 0.1) is 13.7 Å². The molecule has 1 aromatic rings. The molecule has 0 bridgehead atoms. The number of amides is 1. The molecule has 0 radical (unpaired) electrons. The predicted octanol–water partition coefficient (Wildman–Crippen LogP) is 1.88. The number of hydrogen-bond donors (Lipinski definition) is 2. The van der Waals surface area contributed by atoms with Crippen LogP contribution in [0, 0.1) is 6.92 Å². The smallest absolute Gasteiger partial charge is 0.219 e. The summed E-state index contributed by atoms with van der Waals surface area (Å²) in [4.78, 5) is 20.4. The third-order valence-electron chi connectivity index (χ3n) is 5.03. The third kappa shape index (κ3) is 8.77. The van der Waals surface area contributed by atoms with Crippen LogP contribution in [0.5, 0.6) is 5.75 Å². The molecular weight excluding hydrogens is 481 g/mol. The van der Waals surface area contributed by atoms with Crippen LogP contribution in [0.25, 0.3) is 0 Å². The van der Waals surface area contributed by atoms with Crippen LogP contribution < -0.4 is 15.4 Å². The van der Waals surface area contributed by atoms with E-state index in [9.17, 15) is 4.79 Å². The molecule has 29 heavy (non-hydrogen) atoms. The van der Waals surface area contributed by atoms with E-state index >= 15 is 0 Å². The molecule has 1 amide bonds. The van der Waals surface area contributed by atoms with E-state index in [2.05, 4.69) is 52.6 Å². The summed E-state index contributed by atoms with van der Waals surface area (Å²) in [5.41, 5.74) is 2.40. The van der Waals surface area contributed by atoms with Gasteiger partial charge in [-0.15, -0.1) is 24.0 Å². The predicted molar refractivity (Wildman–Crippen MR) is 130 cm³/mol. The number of piperazine rings is 1. The van der Waals surface area contributed by atoms with E-state index in [0.717, 1.165) is 76.1 Å². The Labute approximate surface area is 192 Å². The Hall–Kier alpha value is -1.55. The van der Waals surface area contributed by atoms with E-state index in [0.29, 0.717) is 0 Å². The molecule has 0 aliphatic carbocycles. The van der Waals surface area contributed by atoms with E-state index in [-0.39, 0.29) is 29.9 Å². The highest BCUT2D eigenvalue weighted by Gasteiger charge is 2.17. The molecule has 0 aromatic heterocycles. The van der Waals surface area contributed by atoms with E-state index in [4.69, 9.17) is 4.74 Å². The van der Waals surface area contributed by atoms with Gasteiger partial charge >= 0.3 is 0 Å². The van der Waals surface area contributed by atoms with E-state index < -0.39 is 0 Å². The van der Waals surface area contributed by atoms with Crippen molar-refractivity contribution in [1.29, 1.82) is 0 Å². The van der Waals surface area contributed by atoms with E-state index in [1.165, 1.54) is 5.56 Å². The van der Waals surface area contributed by atoms with E-state index in [1.54, 1.807) is 14.0 Å². The van der Waals surface area contributed by atoms with Crippen molar-refractivity contribution in [3.05, 3.63) is 29.3 Å². The zero-order valence-corrected chi connectivity index (χ0v) is 20.5. The van der Waals surface area contributed by atoms with Crippen LogP contribution in [-0.2, 0) is 11.2 Å². The number of aryl methyl sites for hydroxylation is 1. The number of carbonyl (C=O) groups excluding carboxylic acids is 1. The molecular formula is C21H36IN5O2. The highest BCUT2D eigenvalue weighted by molar-refractivity contribution is 14.0. The third-order valence-corrected chi connectivity index (χ3v) is 5.03. The zero-order chi connectivity index (χ0) is 20.4. The summed E-state index contributed by atoms with van der Waals surface area (Å²) in [5, 5.41) is 6.71. The van der Waals surface area contributed by atoms with Gasteiger partial charge in [-0.05, 0) is 37.5 Å². The Morgan fingerprint density at radius 1 is 1.21 bits per heavy atom. The molecule has 1 aliphatic rings. The number of carbonyl (C=O) groups is 1.